The van der Waals surface area contributed by atoms with Gasteiger partial charge in [-0.3, -0.25) is 0 Å². The summed E-state index contributed by atoms with van der Waals surface area (Å²) in [5.41, 5.74) is 5.28. The smallest absolute Gasteiger partial charge is 0.140 e. The average molecular weight is 220 g/mol. The molecule has 3 nitrogen and oxygen atoms in total. The first-order chi connectivity index (χ1) is 6.60. The lowest BCUT2D eigenvalue weighted by molar-refractivity contribution is 0.181. The van der Waals surface area contributed by atoms with Crippen molar-refractivity contribution in [1.29, 1.82) is 0 Å². The number of nitrogens with two attached hydrogens (primary N) is 1. The number of rotatable bonds is 3. The number of hydrogen-bond acceptors (Lipinski definition) is 3. The van der Waals surface area contributed by atoms with E-state index in [2.05, 4.69) is 0 Å². The second-order valence-electron chi connectivity index (χ2n) is 2.76. The Morgan fingerprint density at radius 2 is 2.29 bits per heavy atom. The molecule has 1 unspecified atom stereocenters. The van der Waals surface area contributed by atoms with E-state index < -0.39 is 11.9 Å². The van der Waals surface area contributed by atoms with Gasteiger partial charge in [0.25, 0.3) is 0 Å². The second-order valence-corrected chi connectivity index (χ2v) is 3.17. The zero-order chi connectivity index (χ0) is 10.7. The fourth-order valence-electron chi connectivity index (χ4n) is 1.08. The van der Waals surface area contributed by atoms with Crippen molar-refractivity contribution in [3.05, 3.63) is 28.5 Å². The van der Waals surface area contributed by atoms with Crippen LogP contribution in [-0.2, 0) is 0 Å². The molecule has 0 saturated carbocycles. The number of methoxy groups -OCH3 is 1. The van der Waals surface area contributed by atoms with Gasteiger partial charge in [0.2, 0.25) is 0 Å². The van der Waals surface area contributed by atoms with Crippen LogP contribution in [0.25, 0.3) is 0 Å². The van der Waals surface area contributed by atoms with Gasteiger partial charge in [0.1, 0.15) is 11.6 Å². The molecule has 78 valence electrons. The van der Waals surface area contributed by atoms with Crippen LogP contribution in [0.1, 0.15) is 11.7 Å². The summed E-state index contributed by atoms with van der Waals surface area (Å²) in [4.78, 5) is 0. The summed E-state index contributed by atoms with van der Waals surface area (Å²) >= 11 is 5.76. The lowest BCUT2D eigenvalue weighted by Gasteiger charge is -2.11. The summed E-state index contributed by atoms with van der Waals surface area (Å²) in [6.07, 6.45) is -1.04. The number of aliphatic hydroxyl groups is 1. The summed E-state index contributed by atoms with van der Waals surface area (Å²) in [6.45, 7) is -0.0560. The maximum Gasteiger partial charge on any atom is 0.140 e. The molecule has 0 heterocycles. The van der Waals surface area contributed by atoms with Gasteiger partial charge in [-0.2, -0.15) is 0 Å². The molecule has 0 amide bonds. The van der Waals surface area contributed by atoms with E-state index in [1.807, 2.05) is 0 Å². The van der Waals surface area contributed by atoms with Crippen LogP contribution < -0.4 is 10.5 Å². The van der Waals surface area contributed by atoms with Crippen molar-refractivity contribution in [3.8, 4) is 5.75 Å². The molecule has 1 aromatic carbocycles. The van der Waals surface area contributed by atoms with Crippen molar-refractivity contribution in [2.75, 3.05) is 13.7 Å². The summed E-state index contributed by atoms with van der Waals surface area (Å²) < 4.78 is 18.1. The molecule has 0 spiro atoms. The van der Waals surface area contributed by atoms with E-state index in [1.54, 1.807) is 0 Å². The van der Waals surface area contributed by atoms with Crippen molar-refractivity contribution in [2.45, 2.75) is 6.10 Å². The van der Waals surface area contributed by atoms with Crippen molar-refractivity contribution < 1.29 is 14.2 Å². The molecule has 3 N–H and O–H groups in total. The Balaban J connectivity index is 3.14. The molecule has 0 bridgehead atoms. The first-order valence-electron chi connectivity index (χ1n) is 4.01. The summed E-state index contributed by atoms with van der Waals surface area (Å²) in [5, 5.41) is 9.58. The highest BCUT2D eigenvalue weighted by Gasteiger charge is 2.14. The van der Waals surface area contributed by atoms with E-state index >= 15 is 0 Å². The number of aliphatic hydroxyl groups excluding tert-OH is 1. The highest BCUT2D eigenvalue weighted by Crippen LogP contribution is 2.29. The molecular weight excluding hydrogens is 209 g/mol. The van der Waals surface area contributed by atoms with Gasteiger partial charge in [-0.25, -0.2) is 4.39 Å². The summed E-state index contributed by atoms with van der Waals surface area (Å²) in [6, 6.07) is 2.43. The van der Waals surface area contributed by atoms with E-state index in [0.29, 0.717) is 0 Å². The minimum absolute atomic E-state index is 0.0560. The van der Waals surface area contributed by atoms with Gasteiger partial charge in [0.05, 0.1) is 18.2 Å². The number of benzene rings is 1. The first-order valence-corrected chi connectivity index (χ1v) is 4.39. The molecule has 0 aromatic heterocycles. The average Bonchev–Trinajstić information content (AvgIpc) is 2.19. The molecule has 0 aliphatic heterocycles. The first kappa shape index (κ1) is 11.2. The number of ether oxygens (including phenoxy) is 1. The normalized spacial score (nSPS) is 12.6. The van der Waals surface area contributed by atoms with Gasteiger partial charge >= 0.3 is 0 Å². The maximum absolute atomic E-state index is 13.3. The van der Waals surface area contributed by atoms with Gasteiger partial charge in [-0.15, -0.1) is 0 Å². The molecule has 1 atom stereocenters. The van der Waals surface area contributed by atoms with Crippen LogP contribution in [0.3, 0.4) is 0 Å². The van der Waals surface area contributed by atoms with Crippen molar-refractivity contribution in [2.24, 2.45) is 5.73 Å². The predicted octanol–water partition coefficient (Wildman–Crippen LogP) is 1.48. The van der Waals surface area contributed by atoms with Gasteiger partial charge < -0.3 is 15.6 Å². The largest absolute Gasteiger partial charge is 0.495 e. The van der Waals surface area contributed by atoms with Crippen LogP contribution in [0.5, 0.6) is 5.75 Å². The summed E-state index contributed by atoms with van der Waals surface area (Å²) in [5.74, 6) is -0.346. The van der Waals surface area contributed by atoms with Gasteiger partial charge in [0.15, 0.2) is 0 Å². The maximum atomic E-state index is 13.3. The van der Waals surface area contributed by atoms with E-state index in [4.69, 9.17) is 22.1 Å². The Morgan fingerprint density at radius 1 is 1.64 bits per heavy atom. The quantitative estimate of drug-likeness (QED) is 0.810. The Hall–Kier alpha value is -0.840. The van der Waals surface area contributed by atoms with E-state index in [1.165, 1.54) is 13.2 Å². The standard InChI is InChI=1S/C9H11ClFNO2/c1-14-9-3-7(11)5(2-6(9)10)8(13)4-12/h2-3,8,13H,4,12H2,1H3. The van der Waals surface area contributed by atoms with Crippen LogP contribution in [0.2, 0.25) is 5.02 Å². The molecule has 0 aliphatic carbocycles. The van der Waals surface area contributed by atoms with Gasteiger partial charge in [-0.05, 0) is 6.07 Å². The van der Waals surface area contributed by atoms with E-state index in [0.717, 1.165) is 6.07 Å². The van der Waals surface area contributed by atoms with Crippen molar-refractivity contribution in [1.82, 2.24) is 0 Å². The molecule has 0 fully saturated rings. The highest BCUT2D eigenvalue weighted by atomic mass is 35.5. The molecular formula is C9H11ClFNO2. The summed E-state index contributed by atoms with van der Waals surface area (Å²) in [7, 11) is 1.39. The van der Waals surface area contributed by atoms with Crippen molar-refractivity contribution >= 4 is 11.6 Å². The van der Waals surface area contributed by atoms with Gasteiger partial charge in [0, 0.05) is 18.2 Å². The fourth-order valence-corrected chi connectivity index (χ4v) is 1.33. The number of halogens is 2. The molecule has 1 rings (SSSR count). The van der Waals surface area contributed by atoms with Crippen LogP contribution in [-0.4, -0.2) is 18.8 Å². The van der Waals surface area contributed by atoms with Crippen molar-refractivity contribution in [3.63, 3.8) is 0 Å². The zero-order valence-electron chi connectivity index (χ0n) is 7.63. The molecule has 0 aliphatic rings. The number of hydrogen-bond donors (Lipinski definition) is 2. The van der Waals surface area contributed by atoms with Crippen LogP contribution in [0.4, 0.5) is 4.39 Å². The monoisotopic (exact) mass is 219 g/mol. The van der Waals surface area contributed by atoms with Gasteiger partial charge in [-0.1, -0.05) is 11.6 Å². The van der Waals surface area contributed by atoms with Crippen LogP contribution >= 0.6 is 11.6 Å². The minimum atomic E-state index is -1.04. The zero-order valence-corrected chi connectivity index (χ0v) is 8.38. The third-order valence-corrected chi connectivity index (χ3v) is 2.15. The second kappa shape index (κ2) is 4.59. The topological polar surface area (TPSA) is 55.5 Å². The lowest BCUT2D eigenvalue weighted by atomic mass is 10.1. The Bertz CT molecular complexity index is 333. The third-order valence-electron chi connectivity index (χ3n) is 1.85. The molecule has 14 heavy (non-hydrogen) atoms. The fraction of sp³-hybridized carbons (Fsp3) is 0.333. The Labute approximate surface area is 86.2 Å². The minimum Gasteiger partial charge on any atom is -0.495 e. The van der Waals surface area contributed by atoms with E-state index in [-0.39, 0.29) is 22.9 Å². The van der Waals surface area contributed by atoms with Crippen LogP contribution in [0.15, 0.2) is 12.1 Å². The van der Waals surface area contributed by atoms with Crippen LogP contribution in [0, 0.1) is 5.82 Å². The predicted molar refractivity (Wildman–Crippen MR) is 52.0 cm³/mol. The molecule has 1 aromatic rings. The Kier molecular flexibility index (Phi) is 3.69. The SMILES string of the molecule is COc1cc(F)c(C(O)CN)cc1Cl. The Morgan fingerprint density at radius 3 is 2.79 bits per heavy atom. The molecule has 5 heteroatoms. The molecule has 0 radical (unpaired) electrons. The van der Waals surface area contributed by atoms with E-state index in [9.17, 15) is 9.50 Å². The third kappa shape index (κ3) is 2.15. The molecule has 0 saturated heterocycles. The lowest BCUT2D eigenvalue weighted by Crippen LogP contribution is -2.13. The highest BCUT2D eigenvalue weighted by molar-refractivity contribution is 6.32.